The fraction of sp³-hybridized carbons (Fsp3) is 0.517. The second-order valence-electron chi connectivity index (χ2n) is 11.9. The summed E-state index contributed by atoms with van der Waals surface area (Å²) in [5.41, 5.74) is 8.38. The van der Waals surface area contributed by atoms with Gasteiger partial charge < -0.3 is 4.90 Å². The summed E-state index contributed by atoms with van der Waals surface area (Å²) in [5.74, 6) is 0. The summed E-state index contributed by atoms with van der Waals surface area (Å²) < 4.78 is 0. The molecular formula is C29H35N3. The molecule has 1 aliphatic carbocycles. The maximum atomic E-state index is 9.37. The molecule has 0 bridgehead atoms. The van der Waals surface area contributed by atoms with Crippen molar-refractivity contribution in [3.05, 3.63) is 69.2 Å². The Balaban J connectivity index is 1.79. The highest BCUT2D eigenvalue weighted by Crippen LogP contribution is 2.49. The van der Waals surface area contributed by atoms with Crippen LogP contribution in [-0.2, 0) is 10.8 Å². The van der Waals surface area contributed by atoms with Gasteiger partial charge in [-0.05, 0) is 81.9 Å². The molecule has 2 aliphatic heterocycles. The Morgan fingerprint density at radius 1 is 1.00 bits per heavy atom. The number of hydrogen-bond donors (Lipinski definition) is 0. The van der Waals surface area contributed by atoms with Crippen LogP contribution in [0.15, 0.2) is 41.1 Å². The maximum Gasteiger partial charge on any atom is 0.265 e. The largest absolute Gasteiger partial charge is 0.371 e. The highest BCUT2D eigenvalue weighted by atomic mass is 15.2. The lowest BCUT2D eigenvalue weighted by molar-refractivity contribution is 0.354. The zero-order valence-corrected chi connectivity index (χ0v) is 20.5. The number of nitrogens with zero attached hydrogens (tertiary/aromatic N) is 3. The Bertz CT molecular complexity index is 1070. The summed E-state index contributed by atoms with van der Waals surface area (Å²) in [6, 6.07) is 6.88. The Labute approximate surface area is 193 Å². The van der Waals surface area contributed by atoms with Crippen LogP contribution < -0.4 is 4.90 Å². The normalized spacial score (nSPS) is 24.2. The minimum atomic E-state index is 0.0445. The van der Waals surface area contributed by atoms with Crippen molar-refractivity contribution in [2.45, 2.75) is 78.1 Å². The van der Waals surface area contributed by atoms with E-state index >= 15 is 0 Å². The molecule has 0 atom stereocenters. The molecule has 0 N–H and O–H groups in total. The second kappa shape index (κ2) is 7.67. The van der Waals surface area contributed by atoms with E-state index in [0.29, 0.717) is 0 Å². The summed E-state index contributed by atoms with van der Waals surface area (Å²) in [6.45, 7) is 23.6. The Morgan fingerprint density at radius 3 is 2.12 bits per heavy atom. The van der Waals surface area contributed by atoms with Gasteiger partial charge in [-0.2, -0.15) is 0 Å². The van der Waals surface area contributed by atoms with E-state index in [9.17, 15) is 5.26 Å². The van der Waals surface area contributed by atoms with E-state index in [2.05, 4.69) is 87.7 Å². The van der Waals surface area contributed by atoms with Crippen LogP contribution >= 0.6 is 0 Å². The number of allylic oxidation sites excluding steroid dienone is 5. The van der Waals surface area contributed by atoms with Gasteiger partial charge in [0.05, 0.1) is 12.6 Å². The van der Waals surface area contributed by atoms with Crippen LogP contribution in [0, 0.1) is 23.3 Å². The SMILES string of the molecule is [C-]#[N+]/C(C#N)=C1C=C(/C=C/c2cc3c4c(c2)C(C)(C)CCN4CCC3(C)C)CC(C)(C)C/1. The Kier molecular flexibility index (Phi) is 5.37. The molecule has 1 aromatic rings. The van der Waals surface area contributed by atoms with Gasteiger partial charge in [0, 0.05) is 18.8 Å². The summed E-state index contributed by atoms with van der Waals surface area (Å²) in [6.07, 6.45) is 10.6. The number of rotatable bonds is 2. The van der Waals surface area contributed by atoms with Gasteiger partial charge in [0.1, 0.15) is 0 Å². The molecular weight excluding hydrogens is 390 g/mol. The van der Waals surface area contributed by atoms with Crippen LogP contribution in [0.4, 0.5) is 5.69 Å². The summed E-state index contributed by atoms with van der Waals surface area (Å²) in [4.78, 5) is 6.06. The molecule has 0 saturated heterocycles. The van der Waals surface area contributed by atoms with E-state index in [1.54, 1.807) is 0 Å². The second-order valence-corrected chi connectivity index (χ2v) is 11.9. The molecule has 3 heteroatoms. The van der Waals surface area contributed by atoms with Crippen molar-refractivity contribution in [3.8, 4) is 6.07 Å². The molecule has 0 spiro atoms. The van der Waals surface area contributed by atoms with Gasteiger partial charge >= 0.3 is 0 Å². The fourth-order valence-corrected chi connectivity index (χ4v) is 5.65. The zero-order chi connectivity index (χ0) is 23.3. The molecule has 4 rings (SSSR count). The maximum absolute atomic E-state index is 9.37. The summed E-state index contributed by atoms with van der Waals surface area (Å²) >= 11 is 0. The molecule has 3 aliphatic rings. The van der Waals surface area contributed by atoms with E-state index < -0.39 is 0 Å². The van der Waals surface area contributed by atoms with Crippen molar-refractivity contribution in [2.75, 3.05) is 18.0 Å². The number of anilines is 1. The van der Waals surface area contributed by atoms with Gasteiger partial charge in [0.25, 0.3) is 5.70 Å². The number of hydrogen-bond acceptors (Lipinski definition) is 2. The lowest BCUT2D eigenvalue weighted by Crippen LogP contribution is -2.44. The predicted octanol–water partition coefficient (Wildman–Crippen LogP) is 7.31. The smallest absolute Gasteiger partial charge is 0.265 e. The van der Waals surface area contributed by atoms with Gasteiger partial charge in [-0.25, -0.2) is 10.1 Å². The third-order valence-corrected chi connectivity index (χ3v) is 7.64. The lowest BCUT2D eigenvalue weighted by Gasteiger charge is -2.48. The monoisotopic (exact) mass is 425 g/mol. The molecule has 3 nitrogen and oxygen atoms in total. The third-order valence-electron chi connectivity index (χ3n) is 7.64. The average Bonchev–Trinajstić information content (AvgIpc) is 2.71. The average molecular weight is 426 g/mol. The quantitative estimate of drug-likeness (QED) is 0.367. The van der Waals surface area contributed by atoms with E-state index in [-0.39, 0.29) is 21.9 Å². The van der Waals surface area contributed by atoms with Crippen molar-refractivity contribution < 1.29 is 0 Å². The van der Waals surface area contributed by atoms with E-state index in [4.69, 9.17) is 6.57 Å². The Hall–Kier alpha value is -2.78. The zero-order valence-electron chi connectivity index (χ0n) is 20.5. The van der Waals surface area contributed by atoms with Crippen molar-refractivity contribution in [1.82, 2.24) is 0 Å². The standard InChI is InChI=1S/C29H35N3/c1-27(2)17-21(14-22(18-27)25(19-30)31-7)9-8-20-15-23-26-24(16-20)29(5,6)11-13-32(26)12-10-28(23,3)4/h8-9,14-16H,10-13,17-18H2,1-6H3/b9-8+,25-22-. The highest BCUT2D eigenvalue weighted by Gasteiger charge is 2.39. The van der Waals surface area contributed by atoms with Gasteiger partial charge in [0.15, 0.2) is 0 Å². The van der Waals surface area contributed by atoms with Crippen LogP contribution in [0.3, 0.4) is 0 Å². The third kappa shape index (κ3) is 4.02. The first-order valence-electron chi connectivity index (χ1n) is 11.8. The van der Waals surface area contributed by atoms with Crippen molar-refractivity contribution in [3.63, 3.8) is 0 Å². The lowest BCUT2D eigenvalue weighted by atomic mass is 9.69. The molecule has 2 heterocycles. The van der Waals surface area contributed by atoms with Crippen LogP contribution in [0.1, 0.15) is 83.9 Å². The van der Waals surface area contributed by atoms with E-state index in [1.165, 1.54) is 40.8 Å². The molecule has 0 fully saturated rings. The highest BCUT2D eigenvalue weighted by molar-refractivity contribution is 5.72. The topological polar surface area (TPSA) is 31.4 Å². The van der Waals surface area contributed by atoms with Crippen LogP contribution in [-0.4, -0.2) is 13.1 Å². The summed E-state index contributed by atoms with van der Waals surface area (Å²) in [5, 5.41) is 9.37. The molecule has 0 amide bonds. The van der Waals surface area contributed by atoms with E-state index in [0.717, 1.165) is 31.5 Å². The summed E-state index contributed by atoms with van der Waals surface area (Å²) in [7, 11) is 0. The van der Waals surface area contributed by atoms with Crippen LogP contribution in [0.5, 0.6) is 0 Å². The first-order valence-corrected chi connectivity index (χ1v) is 11.8. The molecule has 1 aromatic carbocycles. The minimum absolute atomic E-state index is 0.0445. The first-order chi connectivity index (χ1) is 15.0. The van der Waals surface area contributed by atoms with Gasteiger partial charge in [0.2, 0.25) is 0 Å². The van der Waals surface area contributed by atoms with Gasteiger partial charge in [-0.15, -0.1) is 0 Å². The molecule has 32 heavy (non-hydrogen) atoms. The molecule has 0 aromatic heterocycles. The van der Waals surface area contributed by atoms with Crippen molar-refractivity contribution >= 4 is 11.8 Å². The number of nitriles is 1. The molecule has 0 saturated carbocycles. The molecule has 0 radical (unpaired) electrons. The predicted molar refractivity (Wildman–Crippen MR) is 133 cm³/mol. The van der Waals surface area contributed by atoms with Crippen LogP contribution in [0.2, 0.25) is 0 Å². The fourth-order valence-electron chi connectivity index (χ4n) is 5.65. The van der Waals surface area contributed by atoms with Crippen LogP contribution in [0.25, 0.3) is 10.9 Å². The van der Waals surface area contributed by atoms with Gasteiger partial charge in [-0.3, -0.25) is 0 Å². The Morgan fingerprint density at radius 2 is 1.59 bits per heavy atom. The first kappa shape index (κ1) is 22.4. The molecule has 0 unspecified atom stereocenters. The molecule has 166 valence electrons. The number of benzene rings is 1. The van der Waals surface area contributed by atoms with E-state index in [1.807, 2.05) is 0 Å². The van der Waals surface area contributed by atoms with Gasteiger partial charge in [-0.1, -0.05) is 59.8 Å². The van der Waals surface area contributed by atoms with Crippen molar-refractivity contribution in [1.29, 1.82) is 5.26 Å². The minimum Gasteiger partial charge on any atom is -0.371 e. The van der Waals surface area contributed by atoms with Crippen molar-refractivity contribution in [2.24, 2.45) is 5.41 Å².